The van der Waals surface area contributed by atoms with Gasteiger partial charge in [-0.2, -0.15) is 0 Å². The molecular weight excluding hydrogens is 414 g/mol. The molecule has 1 fully saturated rings. The molecule has 1 aromatic heterocycles. The molecule has 0 radical (unpaired) electrons. The maximum Gasteiger partial charge on any atom is 0.229 e. The Morgan fingerprint density at radius 1 is 0.875 bits per heavy atom. The molecule has 0 bridgehead atoms. The molecule has 168 valence electrons. The minimum Gasteiger partial charge on any atom is -0.462 e. The molecule has 9 nitrogen and oxygen atoms in total. The van der Waals surface area contributed by atoms with Gasteiger partial charge in [-0.05, 0) is 37.3 Å². The first-order valence-corrected chi connectivity index (χ1v) is 10.1. The molecule has 2 aromatic carbocycles. The van der Waals surface area contributed by atoms with Gasteiger partial charge >= 0.3 is 0 Å². The van der Waals surface area contributed by atoms with Crippen LogP contribution in [0.3, 0.4) is 0 Å². The van der Waals surface area contributed by atoms with Crippen LogP contribution in [0.15, 0.2) is 54.6 Å². The van der Waals surface area contributed by atoms with Gasteiger partial charge in [-0.25, -0.2) is 9.97 Å². The van der Waals surface area contributed by atoms with Crippen LogP contribution >= 0.6 is 0 Å². The standard InChI is InChI=1S/C23H25N3O6/c1-12-2-4-13(5-3-12)16-10-17(26-23(24)25-16)14-6-8-15(9-7-14)31-22-21(30)20(29)19(28)18(11-27)32-22/h2-10,18-22,27-30H,11H2,1H3,(H2,24,25,26)/t18-,19-,20-,21-,22-/m1/s1. The number of anilines is 1. The Morgan fingerprint density at radius 2 is 1.44 bits per heavy atom. The van der Waals surface area contributed by atoms with Crippen molar-refractivity contribution in [1.29, 1.82) is 0 Å². The molecular formula is C23H25N3O6. The molecule has 1 saturated heterocycles. The van der Waals surface area contributed by atoms with E-state index in [0.29, 0.717) is 17.1 Å². The summed E-state index contributed by atoms with van der Waals surface area (Å²) in [6, 6.07) is 16.6. The molecule has 5 atom stereocenters. The minimum atomic E-state index is -1.51. The highest BCUT2D eigenvalue weighted by Crippen LogP contribution is 2.28. The Kier molecular flexibility index (Phi) is 6.35. The van der Waals surface area contributed by atoms with Crippen LogP contribution in [0.5, 0.6) is 5.75 Å². The van der Waals surface area contributed by atoms with Crippen LogP contribution in [0, 0.1) is 6.92 Å². The van der Waals surface area contributed by atoms with Crippen molar-refractivity contribution in [2.45, 2.75) is 37.6 Å². The van der Waals surface area contributed by atoms with Crippen molar-refractivity contribution in [3.8, 4) is 28.3 Å². The first-order chi connectivity index (χ1) is 15.4. The molecule has 0 amide bonds. The maximum absolute atomic E-state index is 10.1. The fourth-order valence-electron chi connectivity index (χ4n) is 3.49. The van der Waals surface area contributed by atoms with E-state index in [1.165, 1.54) is 0 Å². The lowest BCUT2D eigenvalue weighted by molar-refractivity contribution is -0.277. The summed E-state index contributed by atoms with van der Waals surface area (Å²) < 4.78 is 11.0. The molecule has 4 rings (SSSR count). The quantitative estimate of drug-likeness (QED) is 0.390. The van der Waals surface area contributed by atoms with Gasteiger partial charge in [0, 0.05) is 11.1 Å². The average Bonchev–Trinajstić information content (AvgIpc) is 2.80. The molecule has 0 saturated carbocycles. The number of nitrogen functional groups attached to an aromatic ring is 1. The van der Waals surface area contributed by atoms with E-state index in [1.54, 1.807) is 24.3 Å². The highest BCUT2D eigenvalue weighted by Gasteiger charge is 2.44. The van der Waals surface area contributed by atoms with Crippen molar-refractivity contribution < 1.29 is 29.9 Å². The number of aliphatic hydroxyl groups excluding tert-OH is 4. The Balaban J connectivity index is 1.53. The summed E-state index contributed by atoms with van der Waals surface area (Å²) in [7, 11) is 0. The van der Waals surface area contributed by atoms with E-state index >= 15 is 0 Å². The second-order valence-electron chi connectivity index (χ2n) is 7.70. The van der Waals surface area contributed by atoms with E-state index in [4.69, 9.17) is 15.2 Å². The number of benzene rings is 2. The smallest absolute Gasteiger partial charge is 0.229 e. The minimum absolute atomic E-state index is 0.153. The highest BCUT2D eigenvalue weighted by molar-refractivity contribution is 5.69. The number of aryl methyl sites for hydroxylation is 1. The molecule has 9 heteroatoms. The lowest BCUT2D eigenvalue weighted by atomic mass is 9.99. The summed E-state index contributed by atoms with van der Waals surface area (Å²) in [6.07, 6.45) is -6.72. The summed E-state index contributed by atoms with van der Waals surface area (Å²) in [5.41, 5.74) is 10.1. The third-order valence-corrected chi connectivity index (χ3v) is 5.34. The molecule has 2 heterocycles. The number of rotatable bonds is 5. The van der Waals surface area contributed by atoms with E-state index in [2.05, 4.69) is 9.97 Å². The van der Waals surface area contributed by atoms with E-state index in [9.17, 15) is 20.4 Å². The summed E-state index contributed by atoms with van der Waals surface area (Å²) in [4.78, 5) is 8.64. The van der Waals surface area contributed by atoms with Crippen molar-refractivity contribution in [3.05, 3.63) is 60.2 Å². The van der Waals surface area contributed by atoms with Gasteiger partial charge in [-0.3, -0.25) is 0 Å². The van der Waals surface area contributed by atoms with Gasteiger partial charge in [-0.15, -0.1) is 0 Å². The van der Waals surface area contributed by atoms with Crippen molar-refractivity contribution in [1.82, 2.24) is 9.97 Å². The molecule has 32 heavy (non-hydrogen) atoms. The number of nitrogens with two attached hydrogens (primary N) is 1. The largest absolute Gasteiger partial charge is 0.462 e. The van der Waals surface area contributed by atoms with Crippen molar-refractivity contribution in [2.24, 2.45) is 0 Å². The zero-order valence-corrected chi connectivity index (χ0v) is 17.4. The predicted molar refractivity (Wildman–Crippen MR) is 116 cm³/mol. The zero-order chi connectivity index (χ0) is 22.8. The van der Waals surface area contributed by atoms with Gasteiger partial charge in [0.1, 0.15) is 30.2 Å². The van der Waals surface area contributed by atoms with Gasteiger partial charge in [0.05, 0.1) is 18.0 Å². The number of nitrogens with zero attached hydrogens (tertiary/aromatic N) is 2. The molecule has 3 aromatic rings. The van der Waals surface area contributed by atoms with E-state index in [0.717, 1.165) is 16.7 Å². The molecule has 6 N–H and O–H groups in total. The third kappa shape index (κ3) is 4.57. The third-order valence-electron chi connectivity index (χ3n) is 5.34. The fourth-order valence-corrected chi connectivity index (χ4v) is 3.49. The van der Waals surface area contributed by atoms with Crippen LogP contribution in [0.4, 0.5) is 5.95 Å². The van der Waals surface area contributed by atoms with Gasteiger partial charge in [-0.1, -0.05) is 29.8 Å². The number of hydrogen-bond donors (Lipinski definition) is 5. The number of aliphatic hydroxyl groups is 4. The molecule has 1 aliphatic heterocycles. The Labute approximate surface area is 184 Å². The summed E-state index contributed by atoms with van der Waals surface area (Å²) in [6.45, 7) is 1.49. The predicted octanol–water partition coefficient (Wildman–Crippen LogP) is 0.880. The number of aromatic nitrogens is 2. The monoisotopic (exact) mass is 439 g/mol. The lowest BCUT2D eigenvalue weighted by Gasteiger charge is -2.39. The lowest BCUT2D eigenvalue weighted by Crippen LogP contribution is -2.60. The Morgan fingerprint density at radius 3 is 2.00 bits per heavy atom. The fraction of sp³-hybridized carbons (Fsp3) is 0.304. The van der Waals surface area contributed by atoms with Crippen molar-refractivity contribution >= 4 is 5.95 Å². The second kappa shape index (κ2) is 9.19. The second-order valence-corrected chi connectivity index (χ2v) is 7.70. The van der Waals surface area contributed by atoms with Gasteiger partial charge in [0.15, 0.2) is 0 Å². The Hall–Kier alpha value is -3.08. The van der Waals surface area contributed by atoms with Crippen LogP contribution in [0.2, 0.25) is 0 Å². The van der Waals surface area contributed by atoms with Crippen LogP contribution in [-0.4, -0.2) is 67.7 Å². The van der Waals surface area contributed by atoms with Crippen molar-refractivity contribution in [2.75, 3.05) is 12.3 Å². The normalized spacial score (nSPS) is 25.5. The molecule has 0 unspecified atom stereocenters. The number of ether oxygens (including phenoxy) is 2. The molecule has 0 aliphatic carbocycles. The molecule has 1 aliphatic rings. The van der Waals surface area contributed by atoms with Crippen LogP contribution in [-0.2, 0) is 4.74 Å². The number of hydrogen-bond acceptors (Lipinski definition) is 9. The summed E-state index contributed by atoms with van der Waals surface area (Å²) in [5.74, 6) is 0.513. The topological polar surface area (TPSA) is 151 Å². The van der Waals surface area contributed by atoms with Crippen LogP contribution < -0.4 is 10.5 Å². The van der Waals surface area contributed by atoms with Gasteiger partial charge < -0.3 is 35.6 Å². The van der Waals surface area contributed by atoms with E-state index < -0.39 is 37.3 Å². The summed E-state index contributed by atoms with van der Waals surface area (Å²) >= 11 is 0. The summed E-state index contributed by atoms with van der Waals surface area (Å²) in [5, 5.41) is 39.2. The van der Waals surface area contributed by atoms with Gasteiger partial charge in [0.25, 0.3) is 0 Å². The first kappa shape index (κ1) is 22.1. The van der Waals surface area contributed by atoms with Crippen LogP contribution in [0.1, 0.15) is 5.56 Å². The van der Waals surface area contributed by atoms with E-state index in [1.807, 2.05) is 37.3 Å². The van der Waals surface area contributed by atoms with Crippen LogP contribution in [0.25, 0.3) is 22.5 Å². The highest BCUT2D eigenvalue weighted by atomic mass is 16.7. The van der Waals surface area contributed by atoms with E-state index in [-0.39, 0.29) is 5.95 Å². The SMILES string of the molecule is Cc1ccc(-c2cc(-c3ccc(O[C@@H]4O[C@H](CO)[C@@H](O)[C@@H](O)[C@H]4O)cc3)nc(N)n2)cc1. The molecule has 0 spiro atoms. The zero-order valence-electron chi connectivity index (χ0n) is 17.4. The average molecular weight is 439 g/mol. The van der Waals surface area contributed by atoms with Crippen molar-refractivity contribution in [3.63, 3.8) is 0 Å². The first-order valence-electron chi connectivity index (χ1n) is 10.1. The maximum atomic E-state index is 10.1. The Bertz CT molecular complexity index is 1060. The van der Waals surface area contributed by atoms with Gasteiger partial charge in [0.2, 0.25) is 12.2 Å².